The predicted octanol–water partition coefficient (Wildman–Crippen LogP) is -1.45. The van der Waals surface area contributed by atoms with Crippen LogP contribution in [-0.4, -0.2) is 71.4 Å². The summed E-state index contributed by atoms with van der Waals surface area (Å²) >= 11 is 1.54. The number of primary amides is 1. The van der Waals surface area contributed by atoms with Crippen LogP contribution < -0.4 is 27.4 Å². The van der Waals surface area contributed by atoms with Crippen molar-refractivity contribution in [3.8, 4) is 0 Å². The molecule has 30 heavy (non-hydrogen) atoms. The average Bonchev–Trinajstić information content (AvgIpc) is 2.65. The molecule has 3 unspecified atom stereocenters. The van der Waals surface area contributed by atoms with E-state index in [2.05, 4.69) is 16.0 Å². The van der Waals surface area contributed by atoms with Gasteiger partial charge in [-0.05, 0) is 37.2 Å². The first-order valence-electron chi connectivity index (χ1n) is 9.60. The van der Waals surface area contributed by atoms with Gasteiger partial charge in [-0.1, -0.05) is 13.8 Å². The summed E-state index contributed by atoms with van der Waals surface area (Å²) in [5, 5.41) is 16.4. The van der Waals surface area contributed by atoms with E-state index in [1.165, 1.54) is 11.8 Å². The maximum absolute atomic E-state index is 12.5. The monoisotopic (exact) mass is 447 g/mol. The molecule has 0 rings (SSSR count). The Bertz CT molecular complexity index is 616. The Morgan fingerprint density at radius 2 is 1.63 bits per heavy atom. The predicted molar refractivity (Wildman–Crippen MR) is 113 cm³/mol. The largest absolute Gasteiger partial charge is 0.480 e. The quantitative estimate of drug-likeness (QED) is 0.175. The number of carboxylic acid groups (broad SMARTS) is 1. The fraction of sp³-hybridized carbons (Fsp3) is 0.722. The summed E-state index contributed by atoms with van der Waals surface area (Å²) < 4.78 is 0. The van der Waals surface area contributed by atoms with Crippen molar-refractivity contribution in [1.82, 2.24) is 16.0 Å². The molecule has 0 aliphatic carbocycles. The number of hydrogen-bond acceptors (Lipinski definition) is 7. The lowest BCUT2D eigenvalue weighted by molar-refractivity contribution is -0.142. The highest BCUT2D eigenvalue weighted by Gasteiger charge is 2.27. The molecule has 0 bridgehead atoms. The van der Waals surface area contributed by atoms with Crippen molar-refractivity contribution in [3.05, 3.63) is 0 Å². The number of nitrogens with one attached hydrogen (secondary N) is 3. The van der Waals surface area contributed by atoms with Gasteiger partial charge in [0.25, 0.3) is 0 Å². The lowest BCUT2D eigenvalue weighted by atomic mass is 10.0. The van der Waals surface area contributed by atoms with E-state index < -0.39 is 54.3 Å². The standard InChI is InChI=1S/C18H33N5O6S/c1-10(2)8-13(18(28)29)23-17(27)12(4-5-14(20)24)22-15(25)9-21-16(26)11(19)6-7-30-3/h10-13H,4-9,19H2,1-3H3,(H2,20,24)(H,21,26)(H,22,25)(H,23,27)(H,28,29). The zero-order chi connectivity index (χ0) is 23.3. The maximum atomic E-state index is 12.5. The van der Waals surface area contributed by atoms with Gasteiger partial charge < -0.3 is 32.5 Å². The van der Waals surface area contributed by atoms with Crippen LogP contribution in [0.15, 0.2) is 0 Å². The lowest BCUT2D eigenvalue weighted by Crippen LogP contribution is -2.54. The number of carbonyl (C=O) groups is 5. The zero-order valence-electron chi connectivity index (χ0n) is 17.6. The van der Waals surface area contributed by atoms with Gasteiger partial charge in [-0.25, -0.2) is 4.79 Å². The fourth-order valence-electron chi connectivity index (χ4n) is 2.44. The molecule has 0 heterocycles. The van der Waals surface area contributed by atoms with Crippen LogP contribution in [0.5, 0.6) is 0 Å². The topological polar surface area (TPSA) is 194 Å². The van der Waals surface area contributed by atoms with Gasteiger partial charge in [0.15, 0.2) is 0 Å². The van der Waals surface area contributed by atoms with Crippen LogP contribution in [0.2, 0.25) is 0 Å². The van der Waals surface area contributed by atoms with Crippen molar-refractivity contribution < 1.29 is 29.1 Å². The number of carbonyl (C=O) groups excluding carboxylic acids is 4. The van der Waals surface area contributed by atoms with Crippen LogP contribution in [0.25, 0.3) is 0 Å². The Morgan fingerprint density at radius 3 is 2.13 bits per heavy atom. The molecule has 0 aromatic heterocycles. The third-order valence-corrected chi connectivity index (χ3v) is 4.69. The first-order chi connectivity index (χ1) is 14.0. The van der Waals surface area contributed by atoms with Crippen molar-refractivity contribution in [2.75, 3.05) is 18.6 Å². The minimum atomic E-state index is -1.21. The Morgan fingerprint density at radius 1 is 1.00 bits per heavy atom. The number of nitrogens with two attached hydrogens (primary N) is 2. The Labute approximate surface area is 180 Å². The number of carboxylic acids is 1. The molecule has 0 aliphatic heterocycles. The van der Waals surface area contributed by atoms with E-state index in [-0.39, 0.29) is 25.2 Å². The van der Waals surface area contributed by atoms with E-state index in [1.807, 2.05) is 6.26 Å². The molecule has 0 aliphatic rings. The molecule has 0 saturated carbocycles. The van der Waals surface area contributed by atoms with E-state index in [0.29, 0.717) is 12.2 Å². The minimum absolute atomic E-state index is 0.00981. The van der Waals surface area contributed by atoms with E-state index in [1.54, 1.807) is 13.8 Å². The molecule has 172 valence electrons. The van der Waals surface area contributed by atoms with Gasteiger partial charge in [0, 0.05) is 6.42 Å². The molecule has 0 fully saturated rings. The van der Waals surface area contributed by atoms with Gasteiger partial charge in [-0.15, -0.1) is 0 Å². The molecule has 12 heteroatoms. The van der Waals surface area contributed by atoms with E-state index in [0.717, 1.165) is 0 Å². The molecule has 4 amide bonds. The second-order valence-corrected chi connectivity index (χ2v) is 8.25. The summed E-state index contributed by atoms with van der Waals surface area (Å²) in [5.74, 6) is -3.11. The van der Waals surface area contributed by atoms with Crippen LogP contribution >= 0.6 is 11.8 Å². The smallest absolute Gasteiger partial charge is 0.326 e. The molecule has 0 aromatic carbocycles. The summed E-state index contributed by atoms with van der Waals surface area (Å²) in [4.78, 5) is 59.0. The van der Waals surface area contributed by atoms with Gasteiger partial charge in [0.1, 0.15) is 12.1 Å². The zero-order valence-corrected chi connectivity index (χ0v) is 18.4. The number of hydrogen-bond donors (Lipinski definition) is 6. The van der Waals surface area contributed by atoms with E-state index in [4.69, 9.17) is 11.5 Å². The van der Waals surface area contributed by atoms with Crippen LogP contribution in [0.4, 0.5) is 0 Å². The van der Waals surface area contributed by atoms with Crippen LogP contribution in [0, 0.1) is 5.92 Å². The second-order valence-electron chi connectivity index (χ2n) is 7.26. The van der Waals surface area contributed by atoms with Crippen molar-refractivity contribution in [3.63, 3.8) is 0 Å². The third kappa shape index (κ3) is 12.3. The van der Waals surface area contributed by atoms with Crippen LogP contribution in [0.3, 0.4) is 0 Å². The molecule has 0 spiro atoms. The highest BCUT2D eigenvalue weighted by molar-refractivity contribution is 7.98. The third-order valence-electron chi connectivity index (χ3n) is 4.05. The van der Waals surface area contributed by atoms with Gasteiger partial charge in [0.05, 0.1) is 12.6 Å². The molecule has 0 saturated heterocycles. The van der Waals surface area contributed by atoms with Crippen molar-refractivity contribution in [1.29, 1.82) is 0 Å². The molecular formula is C18H33N5O6S. The lowest BCUT2D eigenvalue weighted by Gasteiger charge is -2.22. The molecule has 8 N–H and O–H groups in total. The first-order valence-corrected chi connectivity index (χ1v) is 11.0. The van der Waals surface area contributed by atoms with Crippen molar-refractivity contribution in [2.45, 2.75) is 57.7 Å². The Hall–Kier alpha value is -2.34. The summed E-state index contributed by atoms with van der Waals surface area (Å²) in [7, 11) is 0. The molecule has 0 aromatic rings. The van der Waals surface area contributed by atoms with Crippen LogP contribution in [0.1, 0.15) is 39.5 Å². The SMILES string of the molecule is CSCCC(N)C(=O)NCC(=O)NC(CCC(N)=O)C(=O)NC(CC(C)C)C(=O)O. The summed E-state index contributed by atoms with van der Waals surface area (Å²) in [6, 6.07) is -3.08. The number of amides is 4. The summed E-state index contributed by atoms with van der Waals surface area (Å²) in [6.45, 7) is 3.20. The van der Waals surface area contributed by atoms with Gasteiger partial charge >= 0.3 is 5.97 Å². The van der Waals surface area contributed by atoms with Gasteiger partial charge in [-0.3, -0.25) is 19.2 Å². The van der Waals surface area contributed by atoms with E-state index >= 15 is 0 Å². The highest BCUT2D eigenvalue weighted by atomic mass is 32.2. The minimum Gasteiger partial charge on any atom is -0.480 e. The first kappa shape index (κ1) is 27.7. The Kier molecular flexibility index (Phi) is 13.5. The van der Waals surface area contributed by atoms with Gasteiger partial charge in [0.2, 0.25) is 23.6 Å². The molecule has 3 atom stereocenters. The molecule has 11 nitrogen and oxygen atoms in total. The van der Waals surface area contributed by atoms with Crippen LogP contribution in [-0.2, 0) is 24.0 Å². The van der Waals surface area contributed by atoms with Crippen molar-refractivity contribution >= 4 is 41.4 Å². The van der Waals surface area contributed by atoms with E-state index in [9.17, 15) is 29.1 Å². The average molecular weight is 448 g/mol. The summed E-state index contributed by atoms with van der Waals surface area (Å²) in [5.41, 5.74) is 10.8. The normalized spacial score (nSPS) is 13.8. The highest BCUT2D eigenvalue weighted by Crippen LogP contribution is 2.06. The maximum Gasteiger partial charge on any atom is 0.326 e. The fourth-order valence-corrected chi connectivity index (χ4v) is 2.93. The molecule has 0 radical (unpaired) electrons. The Balaban J connectivity index is 4.92. The number of rotatable bonds is 15. The second kappa shape index (κ2) is 14.6. The van der Waals surface area contributed by atoms with Crippen molar-refractivity contribution in [2.24, 2.45) is 17.4 Å². The molecular weight excluding hydrogens is 414 g/mol. The van der Waals surface area contributed by atoms with Gasteiger partial charge in [-0.2, -0.15) is 11.8 Å². The summed E-state index contributed by atoms with van der Waals surface area (Å²) in [6.07, 6.45) is 2.23. The number of thioether (sulfide) groups is 1. The number of aliphatic carboxylic acids is 1.